The Morgan fingerprint density at radius 3 is 2.07 bits per heavy atom. The molecule has 30 heavy (non-hydrogen) atoms. The number of hydrogen-bond acceptors (Lipinski definition) is 6. The number of likely N-dealkylation sites (tertiary alicyclic amines) is 1. The maximum absolute atomic E-state index is 12.8. The van der Waals surface area contributed by atoms with Crippen LogP contribution in [0.4, 0.5) is 0 Å². The van der Waals surface area contributed by atoms with Crippen molar-refractivity contribution in [1.29, 1.82) is 0 Å². The maximum Gasteiger partial charge on any atom is 0.326 e. The van der Waals surface area contributed by atoms with Gasteiger partial charge in [-0.2, -0.15) is 0 Å². The molecule has 2 aromatic rings. The van der Waals surface area contributed by atoms with E-state index in [9.17, 15) is 14.4 Å². The summed E-state index contributed by atoms with van der Waals surface area (Å²) in [5.41, 5.74) is 1.62. The second kappa shape index (κ2) is 7.25. The number of ether oxygens (including phenoxy) is 2. The summed E-state index contributed by atoms with van der Waals surface area (Å²) in [5.74, 6) is -1.86. The lowest BCUT2D eigenvalue weighted by Crippen LogP contribution is -2.53. The molecule has 2 heterocycles. The summed E-state index contributed by atoms with van der Waals surface area (Å²) in [6.07, 6.45) is 0. The van der Waals surface area contributed by atoms with E-state index in [2.05, 4.69) is 5.32 Å². The zero-order valence-electron chi connectivity index (χ0n) is 17.3. The summed E-state index contributed by atoms with van der Waals surface area (Å²) in [6.45, 7) is 1.63. The third-order valence-corrected chi connectivity index (χ3v) is 6.31. The van der Waals surface area contributed by atoms with Crippen LogP contribution in [0.25, 0.3) is 11.1 Å². The number of nitrogens with zero attached hydrogens (tertiary/aromatic N) is 1. The molecule has 2 fully saturated rings. The van der Waals surface area contributed by atoms with Gasteiger partial charge in [0.2, 0.25) is 11.8 Å². The first-order valence-electron chi connectivity index (χ1n) is 9.73. The summed E-state index contributed by atoms with van der Waals surface area (Å²) in [6, 6.07) is 15.0. The monoisotopic (exact) mass is 408 g/mol. The second-order valence-corrected chi connectivity index (χ2v) is 7.91. The third-order valence-electron chi connectivity index (χ3n) is 6.31. The minimum Gasteiger partial charge on any atom is -0.497 e. The average Bonchev–Trinajstić information content (AvgIpc) is 3.22. The topological polar surface area (TPSA) is 84.9 Å². The Hall–Kier alpha value is -3.19. The average molecular weight is 408 g/mol. The van der Waals surface area contributed by atoms with Gasteiger partial charge < -0.3 is 9.47 Å². The van der Waals surface area contributed by atoms with Gasteiger partial charge in [0.15, 0.2) is 0 Å². The van der Waals surface area contributed by atoms with Gasteiger partial charge in [0.25, 0.3) is 0 Å². The van der Waals surface area contributed by atoms with Crippen molar-refractivity contribution in [3.63, 3.8) is 0 Å². The van der Waals surface area contributed by atoms with Crippen molar-refractivity contribution in [2.24, 2.45) is 11.8 Å². The van der Waals surface area contributed by atoms with Crippen molar-refractivity contribution < 1.29 is 23.9 Å². The van der Waals surface area contributed by atoms with Gasteiger partial charge in [-0.05, 0) is 35.7 Å². The summed E-state index contributed by atoms with van der Waals surface area (Å²) in [4.78, 5) is 39.2. The fourth-order valence-corrected chi connectivity index (χ4v) is 4.64. The van der Waals surface area contributed by atoms with E-state index in [0.29, 0.717) is 0 Å². The fourth-order valence-electron chi connectivity index (χ4n) is 4.64. The lowest BCUT2D eigenvalue weighted by Gasteiger charge is -2.27. The quantitative estimate of drug-likeness (QED) is 0.617. The molecule has 3 unspecified atom stereocenters. The van der Waals surface area contributed by atoms with Crippen molar-refractivity contribution >= 4 is 17.8 Å². The second-order valence-electron chi connectivity index (χ2n) is 7.91. The van der Waals surface area contributed by atoms with Crippen LogP contribution < -0.4 is 10.1 Å². The van der Waals surface area contributed by atoms with Crippen LogP contribution in [0.1, 0.15) is 18.5 Å². The molecule has 0 saturated carbocycles. The number of esters is 1. The number of fused-ring (bicyclic) bond motifs is 1. The first-order chi connectivity index (χ1) is 14.3. The minimum atomic E-state index is -1.27. The van der Waals surface area contributed by atoms with Crippen LogP contribution in [0.5, 0.6) is 5.75 Å². The third kappa shape index (κ3) is 2.89. The van der Waals surface area contributed by atoms with Gasteiger partial charge in [-0.3, -0.25) is 24.6 Å². The van der Waals surface area contributed by atoms with E-state index in [-0.39, 0.29) is 11.8 Å². The van der Waals surface area contributed by atoms with Crippen molar-refractivity contribution in [2.45, 2.75) is 18.5 Å². The normalized spacial score (nSPS) is 27.9. The predicted octanol–water partition coefficient (Wildman–Crippen LogP) is 2.17. The molecule has 2 amide bonds. The number of nitrogens with one attached hydrogen (secondary N) is 1. The highest BCUT2D eigenvalue weighted by molar-refractivity contribution is 6.09. The van der Waals surface area contributed by atoms with Gasteiger partial charge in [-0.25, -0.2) is 0 Å². The molecule has 0 radical (unpaired) electrons. The lowest BCUT2D eigenvalue weighted by molar-refractivity contribution is -0.152. The van der Waals surface area contributed by atoms with Gasteiger partial charge in [-0.15, -0.1) is 0 Å². The Bertz CT molecular complexity index is 1000. The largest absolute Gasteiger partial charge is 0.497 e. The zero-order chi connectivity index (χ0) is 21.6. The SMILES string of the molecule is COC(=O)[C@]1(C)NC(c2ccc(-c3ccc(OC)cc3)cc2)C2C(=O)N(C)C(=O)C21. The van der Waals surface area contributed by atoms with Crippen molar-refractivity contribution in [1.82, 2.24) is 10.2 Å². The number of amides is 2. The number of benzene rings is 2. The predicted molar refractivity (Wildman–Crippen MR) is 109 cm³/mol. The molecule has 7 heteroatoms. The Labute approximate surface area is 175 Å². The van der Waals surface area contributed by atoms with Crippen LogP contribution in [-0.4, -0.2) is 49.5 Å². The summed E-state index contributed by atoms with van der Waals surface area (Å²) in [7, 11) is 4.37. The molecule has 2 aliphatic rings. The lowest BCUT2D eigenvalue weighted by atomic mass is 9.80. The molecule has 0 aliphatic carbocycles. The molecule has 7 nitrogen and oxygen atoms in total. The number of rotatable bonds is 4. The van der Waals surface area contributed by atoms with E-state index in [1.165, 1.54) is 14.2 Å². The van der Waals surface area contributed by atoms with Crippen LogP contribution in [0.3, 0.4) is 0 Å². The zero-order valence-corrected chi connectivity index (χ0v) is 17.3. The smallest absolute Gasteiger partial charge is 0.326 e. The molecule has 2 saturated heterocycles. The standard InChI is InChI=1S/C23H24N2O5/c1-23(22(28)30-4)18-17(20(26)25(2)21(18)27)19(24-23)15-7-5-13(6-8-15)14-9-11-16(29-3)12-10-14/h5-12,17-19,24H,1-4H3/t17?,18?,19?,23-/m1/s1. The van der Waals surface area contributed by atoms with E-state index in [1.54, 1.807) is 14.0 Å². The molecule has 2 aromatic carbocycles. The Balaban J connectivity index is 1.68. The molecular formula is C23H24N2O5. The maximum atomic E-state index is 12.8. The Morgan fingerprint density at radius 1 is 0.967 bits per heavy atom. The highest BCUT2D eigenvalue weighted by Gasteiger charge is 2.66. The fraction of sp³-hybridized carbons (Fsp3) is 0.348. The first kappa shape index (κ1) is 20.1. The number of carbonyl (C=O) groups excluding carboxylic acids is 3. The highest BCUT2D eigenvalue weighted by atomic mass is 16.5. The summed E-state index contributed by atoms with van der Waals surface area (Å²) in [5, 5.41) is 3.23. The number of methoxy groups -OCH3 is 2. The van der Waals surface area contributed by atoms with E-state index < -0.39 is 29.4 Å². The summed E-state index contributed by atoms with van der Waals surface area (Å²) < 4.78 is 10.1. The van der Waals surface area contributed by atoms with Crippen LogP contribution in [-0.2, 0) is 19.1 Å². The molecule has 0 spiro atoms. The number of hydrogen-bond donors (Lipinski definition) is 1. The number of carbonyl (C=O) groups is 3. The van der Waals surface area contributed by atoms with Crippen LogP contribution in [0.15, 0.2) is 48.5 Å². The van der Waals surface area contributed by atoms with Gasteiger partial charge in [-0.1, -0.05) is 36.4 Å². The van der Waals surface area contributed by atoms with E-state index in [4.69, 9.17) is 9.47 Å². The van der Waals surface area contributed by atoms with Crippen LogP contribution >= 0.6 is 0 Å². The highest BCUT2D eigenvalue weighted by Crippen LogP contribution is 2.48. The van der Waals surface area contributed by atoms with E-state index in [1.807, 2.05) is 48.5 Å². The number of imide groups is 1. The molecule has 4 rings (SSSR count). The Morgan fingerprint density at radius 2 is 1.53 bits per heavy atom. The van der Waals surface area contributed by atoms with E-state index in [0.717, 1.165) is 27.3 Å². The first-order valence-corrected chi connectivity index (χ1v) is 9.73. The minimum absolute atomic E-state index is 0.283. The molecule has 4 atom stereocenters. The van der Waals surface area contributed by atoms with Crippen molar-refractivity contribution in [3.8, 4) is 16.9 Å². The van der Waals surface area contributed by atoms with Gasteiger partial charge >= 0.3 is 5.97 Å². The molecule has 0 aromatic heterocycles. The van der Waals surface area contributed by atoms with Crippen LogP contribution in [0.2, 0.25) is 0 Å². The summed E-state index contributed by atoms with van der Waals surface area (Å²) >= 11 is 0. The molecule has 2 aliphatic heterocycles. The molecule has 156 valence electrons. The van der Waals surface area contributed by atoms with E-state index >= 15 is 0 Å². The van der Waals surface area contributed by atoms with Crippen molar-refractivity contribution in [3.05, 3.63) is 54.1 Å². The van der Waals surface area contributed by atoms with Gasteiger partial charge in [0, 0.05) is 13.1 Å². The molecule has 1 N–H and O–H groups in total. The van der Waals surface area contributed by atoms with Gasteiger partial charge in [0.05, 0.1) is 26.1 Å². The molecular weight excluding hydrogens is 384 g/mol. The van der Waals surface area contributed by atoms with Crippen LogP contribution in [0, 0.1) is 11.8 Å². The molecule has 0 bridgehead atoms. The van der Waals surface area contributed by atoms with Gasteiger partial charge in [0.1, 0.15) is 11.3 Å². The van der Waals surface area contributed by atoms with Crippen molar-refractivity contribution in [2.75, 3.05) is 21.3 Å². The Kier molecular flexibility index (Phi) is 4.86.